The number of rotatable bonds is 7. The van der Waals surface area contributed by atoms with Crippen LogP contribution >= 0.6 is 23.2 Å². The van der Waals surface area contributed by atoms with E-state index >= 15 is 0 Å². The second-order valence-electron chi connectivity index (χ2n) is 12.0. The summed E-state index contributed by atoms with van der Waals surface area (Å²) in [6.45, 7) is 6.04. The molecule has 6 rings (SSSR count). The van der Waals surface area contributed by atoms with Crippen LogP contribution in [0.1, 0.15) is 37.3 Å². The lowest BCUT2D eigenvalue weighted by Gasteiger charge is -2.41. The van der Waals surface area contributed by atoms with E-state index in [9.17, 15) is 14.4 Å². The van der Waals surface area contributed by atoms with Crippen LogP contribution in [-0.4, -0.2) is 106 Å². The van der Waals surface area contributed by atoms with Gasteiger partial charge in [-0.1, -0.05) is 59.6 Å². The first kappa shape index (κ1) is 31.6. The van der Waals surface area contributed by atoms with E-state index in [4.69, 9.17) is 27.9 Å². The Bertz CT molecular complexity index is 1530. The highest BCUT2D eigenvalue weighted by atomic mass is 35.5. The van der Waals surface area contributed by atoms with Gasteiger partial charge in [0.1, 0.15) is 0 Å². The highest BCUT2D eigenvalue weighted by Gasteiger charge is 2.35. The number of aromatic nitrogens is 3. The van der Waals surface area contributed by atoms with Crippen LogP contribution in [0.4, 0.5) is 4.79 Å². The summed E-state index contributed by atoms with van der Waals surface area (Å²) in [5.74, 6) is 0.322. The molecule has 0 bridgehead atoms. The van der Waals surface area contributed by atoms with Crippen LogP contribution < -0.4 is 11.0 Å². The molecule has 11 nitrogen and oxygen atoms in total. The summed E-state index contributed by atoms with van der Waals surface area (Å²) in [6.07, 6.45) is 1.53. The van der Waals surface area contributed by atoms with E-state index in [2.05, 4.69) is 20.3 Å². The third kappa shape index (κ3) is 7.54. The maximum Gasteiger partial charge on any atom is 0.410 e. The lowest BCUT2D eigenvalue weighted by atomic mass is 10.0. The van der Waals surface area contributed by atoms with E-state index in [1.54, 1.807) is 23.1 Å². The molecule has 0 radical (unpaired) electrons. The number of halogens is 2. The summed E-state index contributed by atoms with van der Waals surface area (Å²) in [6, 6.07) is 15.0. The number of H-pyrrole nitrogens is 1. The zero-order valence-electron chi connectivity index (χ0n) is 25.2. The minimum atomic E-state index is -0.995. The van der Waals surface area contributed by atoms with Crippen molar-refractivity contribution in [2.45, 2.75) is 50.3 Å². The quantitative estimate of drug-likeness (QED) is 0.398. The van der Waals surface area contributed by atoms with E-state index in [-0.39, 0.29) is 24.1 Å². The van der Waals surface area contributed by atoms with E-state index in [0.717, 1.165) is 50.1 Å². The lowest BCUT2D eigenvalue weighted by Crippen LogP contribution is -2.54. The number of amides is 2. The molecular weight excluding hydrogens is 617 g/mol. The monoisotopic (exact) mass is 655 g/mol. The molecule has 0 unspecified atom stereocenters. The minimum Gasteiger partial charge on any atom is -0.436 e. The number of hydrogen-bond donors (Lipinski definition) is 2. The Hall–Kier alpha value is -3.38. The van der Waals surface area contributed by atoms with Crippen LogP contribution in [-0.2, 0) is 16.0 Å². The van der Waals surface area contributed by atoms with Gasteiger partial charge in [0.15, 0.2) is 11.9 Å². The van der Waals surface area contributed by atoms with E-state index in [0.29, 0.717) is 60.9 Å². The van der Waals surface area contributed by atoms with Crippen molar-refractivity contribution in [3.63, 3.8) is 0 Å². The average molecular weight is 657 g/mol. The van der Waals surface area contributed by atoms with Gasteiger partial charge in [0.25, 0.3) is 5.91 Å². The number of likely N-dealkylation sites (tertiary alicyclic amines) is 2. The minimum absolute atomic E-state index is 0.152. The molecule has 3 aliphatic rings. The van der Waals surface area contributed by atoms with Gasteiger partial charge >= 0.3 is 11.8 Å². The smallest absolute Gasteiger partial charge is 0.410 e. The third-order valence-corrected chi connectivity index (χ3v) is 9.86. The van der Waals surface area contributed by atoms with Crippen molar-refractivity contribution < 1.29 is 14.3 Å². The Morgan fingerprint density at radius 2 is 1.53 bits per heavy atom. The summed E-state index contributed by atoms with van der Waals surface area (Å²) < 4.78 is 7.44. The SMILES string of the molecule is O=C(O[C@H](Cc1ccc(Cl)c(Cl)c1)C(=O)N1CCC(N2CCNCC2)CC1)N1CCC(n2nc(-c3ccccc3)[nH]c2=O)CC1. The number of aromatic amines is 1. The number of piperidine rings is 2. The van der Waals surface area contributed by atoms with Crippen LogP contribution in [0.3, 0.4) is 0 Å². The number of piperazine rings is 1. The molecule has 3 aromatic rings. The highest BCUT2D eigenvalue weighted by Crippen LogP contribution is 2.26. The molecule has 3 saturated heterocycles. The van der Waals surface area contributed by atoms with Crippen molar-refractivity contribution in [1.29, 1.82) is 0 Å². The first-order valence-corrected chi connectivity index (χ1v) is 16.5. The highest BCUT2D eigenvalue weighted by molar-refractivity contribution is 6.42. The predicted molar refractivity (Wildman–Crippen MR) is 173 cm³/mol. The van der Waals surface area contributed by atoms with Crippen LogP contribution in [0.2, 0.25) is 10.0 Å². The van der Waals surface area contributed by atoms with Crippen molar-refractivity contribution in [3.05, 3.63) is 74.6 Å². The number of hydrogen-bond acceptors (Lipinski definition) is 7. The number of carbonyl (C=O) groups excluding carboxylic acids is 2. The van der Waals surface area contributed by atoms with Gasteiger partial charge in [-0.25, -0.2) is 14.3 Å². The number of nitrogens with one attached hydrogen (secondary N) is 2. The van der Waals surface area contributed by atoms with Gasteiger partial charge in [-0.15, -0.1) is 5.10 Å². The molecule has 3 aliphatic heterocycles. The van der Waals surface area contributed by atoms with Gasteiger partial charge in [0.2, 0.25) is 0 Å². The van der Waals surface area contributed by atoms with Crippen molar-refractivity contribution >= 4 is 35.2 Å². The molecule has 2 aromatic carbocycles. The zero-order valence-corrected chi connectivity index (χ0v) is 26.7. The molecule has 1 aromatic heterocycles. The zero-order chi connectivity index (χ0) is 31.3. The summed E-state index contributed by atoms with van der Waals surface area (Å²) >= 11 is 12.4. The van der Waals surface area contributed by atoms with Gasteiger partial charge in [0.05, 0.1) is 16.1 Å². The second kappa shape index (κ2) is 14.4. The van der Waals surface area contributed by atoms with Crippen molar-refractivity contribution in [2.24, 2.45) is 0 Å². The van der Waals surface area contributed by atoms with Crippen LogP contribution in [0.25, 0.3) is 11.4 Å². The van der Waals surface area contributed by atoms with Crippen LogP contribution in [0.15, 0.2) is 53.3 Å². The van der Waals surface area contributed by atoms with Crippen LogP contribution in [0.5, 0.6) is 0 Å². The van der Waals surface area contributed by atoms with Crippen LogP contribution in [0, 0.1) is 0 Å². The summed E-state index contributed by atoms with van der Waals surface area (Å²) in [5, 5.41) is 8.73. The Labute approximate surface area is 272 Å². The third-order valence-electron chi connectivity index (χ3n) is 9.12. The molecule has 0 saturated carbocycles. The van der Waals surface area contributed by atoms with Crippen molar-refractivity contribution in [1.82, 2.24) is 34.8 Å². The molecule has 2 amide bonds. The van der Waals surface area contributed by atoms with Crippen molar-refractivity contribution in [2.75, 3.05) is 52.4 Å². The number of nitrogens with zero attached hydrogens (tertiary/aromatic N) is 5. The van der Waals surface area contributed by atoms with Gasteiger partial charge in [-0.2, -0.15) is 0 Å². The maximum absolute atomic E-state index is 13.8. The first-order chi connectivity index (χ1) is 21.9. The number of carbonyl (C=O) groups is 2. The van der Waals surface area contributed by atoms with Crippen molar-refractivity contribution in [3.8, 4) is 11.4 Å². The molecule has 45 heavy (non-hydrogen) atoms. The van der Waals surface area contributed by atoms with Gasteiger partial charge in [0, 0.05) is 70.4 Å². The fourth-order valence-electron chi connectivity index (χ4n) is 6.56. The largest absolute Gasteiger partial charge is 0.436 e. The maximum atomic E-state index is 13.8. The van der Waals surface area contributed by atoms with E-state index in [1.165, 1.54) is 4.68 Å². The molecule has 0 aliphatic carbocycles. The predicted octanol–water partition coefficient (Wildman–Crippen LogP) is 3.83. The second-order valence-corrected chi connectivity index (χ2v) is 12.8. The molecule has 2 N–H and O–H groups in total. The first-order valence-electron chi connectivity index (χ1n) is 15.7. The van der Waals surface area contributed by atoms with E-state index < -0.39 is 12.2 Å². The topological polar surface area (TPSA) is 116 Å². The molecule has 1 atom stereocenters. The Morgan fingerprint density at radius 1 is 0.867 bits per heavy atom. The molecule has 4 heterocycles. The normalized spacial score (nSPS) is 19.4. The molecule has 0 spiro atoms. The standard InChI is InChI=1S/C32H39Cl2N7O4/c33-26-7-6-22(20-27(26)34)21-28(30(42)39-14-8-24(9-15-39)38-18-12-35-13-19-38)45-32(44)40-16-10-25(11-17-40)41-31(43)36-29(37-41)23-4-2-1-3-5-23/h1-7,20,24-25,28,35H,8-19,21H2,(H,36,37,43)/t28-/m1/s1. The van der Waals surface area contributed by atoms with Gasteiger partial charge in [-0.3, -0.25) is 14.7 Å². The average Bonchev–Trinajstić information content (AvgIpc) is 3.48. The Morgan fingerprint density at radius 3 is 2.22 bits per heavy atom. The number of benzene rings is 2. The molecule has 13 heteroatoms. The van der Waals surface area contributed by atoms with Gasteiger partial charge in [-0.05, 0) is 43.4 Å². The molecule has 240 valence electrons. The molecular formula is C32H39Cl2N7O4. The fourth-order valence-corrected chi connectivity index (χ4v) is 6.88. The van der Waals surface area contributed by atoms with E-state index in [1.807, 2.05) is 35.2 Å². The number of ether oxygens (including phenoxy) is 1. The molecule has 3 fully saturated rings. The Kier molecular flexibility index (Phi) is 10.1. The summed E-state index contributed by atoms with van der Waals surface area (Å²) in [4.78, 5) is 48.8. The van der Waals surface area contributed by atoms with Gasteiger partial charge < -0.3 is 19.9 Å². The summed E-state index contributed by atoms with van der Waals surface area (Å²) in [5.41, 5.74) is 1.32. The Balaban J connectivity index is 1.09. The fraction of sp³-hybridized carbons (Fsp3) is 0.500. The lowest BCUT2D eigenvalue weighted by molar-refractivity contribution is -0.142. The summed E-state index contributed by atoms with van der Waals surface area (Å²) in [7, 11) is 0.